The molecule has 32 heavy (non-hydrogen) atoms. The fraction of sp³-hybridized carbons (Fsp3) is 0.333. The van der Waals surface area contributed by atoms with Crippen LogP contribution < -0.4 is 15.5 Å². The lowest BCUT2D eigenvalue weighted by molar-refractivity contribution is -0.129. The van der Waals surface area contributed by atoms with E-state index in [0.717, 1.165) is 9.87 Å². The van der Waals surface area contributed by atoms with Crippen molar-refractivity contribution in [2.24, 2.45) is 5.92 Å². The molecular weight excluding hydrogens is 441 g/mol. The molecule has 0 radical (unpaired) electrons. The van der Waals surface area contributed by atoms with Crippen molar-refractivity contribution >= 4 is 21.8 Å². The summed E-state index contributed by atoms with van der Waals surface area (Å²) >= 11 is 0. The van der Waals surface area contributed by atoms with Gasteiger partial charge in [0, 0.05) is 13.1 Å². The number of amides is 2. The molecule has 0 spiro atoms. The maximum absolute atomic E-state index is 12.9. The van der Waals surface area contributed by atoms with Crippen LogP contribution in [0.2, 0.25) is 0 Å². The van der Waals surface area contributed by atoms with E-state index < -0.39 is 28.4 Å². The molecule has 0 aliphatic heterocycles. The van der Waals surface area contributed by atoms with Gasteiger partial charge in [-0.15, -0.1) is 0 Å². The minimum atomic E-state index is -3.99. The van der Waals surface area contributed by atoms with E-state index in [1.807, 2.05) is 0 Å². The molecule has 0 fully saturated rings. The van der Waals surface area contributed by atoms with E-state index in [2.05, 4.69) is 5.32 Å². The van der Waals surface area contributed by atoms with E-state index in [0.29, 0.717) is 0 Å². The zero-order valence-corrected chi connectivity index (χ0v) is 18.6. The number of nitrogens with zero attached hydrogens (tertiary/aromatic N) is 1. The first-order chi connectivity index (χ1) is 15.1. The topological polar surface area (TPSA) is 125 Å². The Labute approximate surface area is 186 Å². The molecule has 0 aliphatic rings. The summed E-state index contributed by atoms with van der Waals surface area (Å²) in [5.41, 5.74) is 2.16. The van der Waals surface area contributed by atoms with Gasteiger partial charge in [0.05, 0.1) is 11.4 Å². The van der Waals surface area contributed by atoms with Gasteiger partial charge in [-0.05, 0) is 47.9 Å². The molecule has 2 aromatic carbocycles. The molecule has 2 rings (SSSR count). The number of halogens is 1. The monoisotopic (exact) mass is 467 g/mol. The number of ether oxygens (including phenoxy) is 1. The highest BCUT2D eigenvalue weighted by Gasteiger charge is 2.27. The Morgan fingerprint density at radius 1 is 1.06 bits per heavy atom. The Bertz CT molecular complexity index is 1010. The standard InChI is InChI=1S/C21H26FN3O6S/c1-15(2)12-25(13-20(26)24-28)32(29,30)19-9-7-18(8-10-19)31-14-21(27)23-11-16-3-5-17(22)6-4-16/h3-10,15,28H,11-14H2,1-2H3,(H,23,27)(H,24,26). The summed E-state index contributed by atoms with van der Waals surface area (Å²) in [7, 11) is -3.99. The first-order valence-electron chi connectivity index (χ1n) is 9.79. The molecule has 2 amide bonds. The summed E-state index contributed by atoms with van der Waals surface area (Å²) in [5, 5.41) is 11.4. The number of benzene rings is 2. The van der Waals surface area contributed by atoms with Gasteiger partial charge in [0.1, 0.15) is 11.6 Å². The molecule has 0 saturated heterocycles. The minimum Gasteiger partial charge on any atom is -0.484 e. The van der Waals surface area contributed by atoms with Crippen molar-refractivity contribution in [3.05, 3.63) is 59.9 Å². The van der Waals surface area contributed by atoms with Crippen LogP contribution in [-0.2, 0) is 26.2 Å². The average molecular weight is 468 g/mol. The van der Waals surface area contributed by atoms with Crippen molar-refractivity contribution < 1.29 is 32.3 Å². The fourth-order valence-corrected chi connectivity index (χ4v) is 4.27. The van der Waals surface area contributed by atoms with Gasteiger partial charge in [-0.2, -0.15) is 4.31 Å². The van der Waals surface area contributed by atoms with Crippen LogP contribution in [0.25, 0.3) is 0 Å². The van der Waals surface area contributed by atoms with Crippen LogP contribution in [0.1, 0.15) is 19.4 Å². The van der Waals surface area contributed by atoms with Crippen molar-refractivity contribution in [2.75, 3.05) is 19.7 Å². The Kier molecular flexibility index (Phi) is 9.12. The number of rotatable bonds is 11. The fourth-order valence-electron chi connectivity index (χ4n) is 2.71. The summed E-state index contributed by atoms with van der Waals surface area (Å²) in [4.78, 5) is 23.4. The second-order valence-corrected chi connectivity index (χ2v) is 9.33. The second-order valence-electron chi connectivity index (χ2n) is 7.39. The molecule has 0 aromatic heterocycles. The van der Waals surface area contributed by atoms with Crippen LogP contribution >= 0.6 is 0 Å². The Hall–Kier alpha value is -3.02. The molecule has 0 saturated carbocycles. The molecule has 11 heteroatoms. The van der Waals surface area contributed by atoms with Gasteiger partial charge in [-0.1, -0.05) is 26.0 Å². The van der Waals surface area contributed by atoms with Crippen molar-refractivity contribution in [3.8, 4) is 5.75 Å². The first-order valence-corrected chi connectivity index (χ1v) is 11.2. The Balaban J connectivity index is 1.96. The number of sulfonamides is 1. The molecule has 0 heterocycles. The van der Waals surface area contributed by atoms with Crippen LogP contribution in [0.4, 0.5) is 4.39 Å². The SMILES string of the molecule is CC(C)CN(CC(=O)NO)S(=O)(=O)c1ccc(OCC(=O)NCc2ccc(F)cc2)cc1. The summed E-state index contributed by atoms with van der Waals surface area (Å²) < 4.78 is 45.0. The molecular formula is C21H26FN3O6S. The maximum atomic E-state index is 12.9. The van der Waals surface area contributed by atoms with E-state index in [1.54, 1.807) is 26.0 Å². The van der Waals surface area contributed by atoms with Crippen molar-refractivity contribution in [1.82, 2.24) is 15.1 Å². The van der Waals surface area contributed by atoms with Gasteiger partial charge in [0.15, 0.2) is 6.61 Å². The van der Waals surface area contributed by atoms with Gasteiger partial charge in [-0.25, -0.2) is 18.3 Å². The lowest BCUT2D eigenvalue weighted by atomic mass is 10.2. The normalized spacial score (nSPS) is 11.4. The van der Waals surface area contributed by atoms with Crippen LogP contribution in [0.3, 0.4) is 0 Å². The predicted molar refractivity (Wildman–Crippen MR) is 114 cm³/mol. The first kappa shape index (κ1) is 25.2. The number of hydrogen-bond acceptors (Lipinski definition) is 6. The van der Waals surface area contributed by atoms with Crippen LogP contribution in [-0.4, -0.2) is 49.4 Å². The summed E-state index contributed by atoms with van der Waals surface area (Å²) in [5.74, 6) is -1.38. The number of hydrogen-bond donors (Lipinski definition) is 3. The molecule has 0 aliphatic carbocycles. The molecule has 174 valence electrons. The molecule has 2 aromatic rings. The van der Waals surface area contributed by atoms with Crippen LogP contribution in [0.15, 0.2) is 53.4 Å². The summed E-state index contributed by atoms with van der Waals surface area (Å²) in [6.45, 7) is 3.09. The zero-order chi connectivity index (χ0) is 23.7. The van der Waals surface area contributed by atoms with E-state index in [1.165, 1.54) is 41.9 Å². The molecule has 9 nitrogen and oxygen atoms in total. The third-order valence-corrected chi connectivity index (χ3v) is 6.07. The van der Waals surface area contributed by atoms with E-state index >= 15 is 0 Å². The Morgan fingerprint density at radius 3 is 2.25 bits per heavy atom. The molecule has 0 atom stereocenters. The van der Waals surface area contributed by atoms with Gasteiger partial charge in [0.2, 0.25) is 10.0 Å². The van der Waals surface area contributed by atoms with Crippen molar-refractivity contribution in [2.45, 2.75) is 25.3 Å². The van der Waals surface area contributed by atoms with Gasteiger partial charge in [0.25, 0.3) is 11.8 Å². The van der Waals surface area contributed by atoms with Crippen LogP contribution in [0, 0.1) is 11.7 Å². The number of nitrogens with one attached hydrogen (secondary N) is 2. The van der Waals surface area contributed by atoms with E-state index in [-0.39, 0.29) is 42.1 Å². The number of hydroxylamine groups is 1. The zero-order valence-electron chi connectivity index (χ0n) is 17.7. The molecule has 0 bridgehead atoms. The quantitative estimate of drug-likeness (QED) is 0.341. The second kappa shape index (κ2) is 11.6. The molecule has 3 N–H and O–H groups in total. The third kappa shape index (κ3) is 7.59. The highest BCUT2D eigenvalue weighted by molar-refractivity contribution is 7.89. The minimum absolute atomic E-state index is 0.0488. The van der Waals surface area contributed by atoms with Crippen molar-refractivity contribution in [1.29, 1.82) is 0 Å². The van der Waals surface area contributed by atoms with Gasteiger partial charge < -0.3 is 10.1 Å². The summed E-state index contributed by atoms with van der Waals surface area (Å²) in [6.07, 6.45) is 0. The Morgan fingerprint density at radius 2 is 1.69 bits per heavy atom. The lowest BCUT2D eigenvalue weighted by Gasteiger charge is -2.23. The smallest absolute Gasteiger partial charge is 0.258 e. The van der Waals surface area contributed by atoms with Gasteiger partial charge >= 0.3 is 0 Å². The van der Waals surface area contributed by atoms with Crippen LogP contribution in [0.5, 0.6) is 5.75 Å². The van der Waals surface area contributed by atoms with E-state index in [9.17, 15) is 22.4 Å². The predicted octanol–water partition coefficient (Wildman–Crippen LogP) is 1.67. The number of carbonyl (C=O) groups is 2. The number of carbonyl (C=O) groups excluding carboxylic acids is 2. The average Bonchev–Trinajstić information content (AvgIpc) is 2.76. The highest BCUT2D eigenvalue weighted by Crippen LogP contribution is 2.20. The maximum Gasteiger partial charge on any atom is 0.258 e. The third-order valence-electron chi connectivity index (χ3n) is 4.25. The van der Waals surface area contributed by atoms with Crippen molar-refractivity contribution in [3.63, 3.8) is 0 Å². The van der Waals surface area contributed by atoms with E-state index in [4.69, 9.17) is 9.94 Å². The largest absolute Gasteiger partial charge is 0.484 e. The van der Waals surface area contributed by atoms with Gasteiger partial charge in [-0.3, -0.25) is 14.8 Å². The highest BCUT2D eigenvalue weighted by atomic mass is 32.2. The summed E-state index contributed by atoms with van der Waals surface area (Å²) in [6, 6.07) is 11.1. The molecule has 0 unspecified atom stereocenters. The lowest BCUT2D eigenvalue weighted by Crippen LogP contribution is -2.41.